The van der Waals surface area contributed by atoms with Crippen LogP contribution in [0.15, 0.2) is 36.4 Å². The Morgan fingerprint density at radius 1 is 1.00 bits per heavy atom. The Labute approximate surface area is 136 Å². The molecule has 2 aromatic rings. The Morgan fingerprint density at radius 3 is 2.23 bits per heavy atom. The van der Waals surface area contributed by atoms with Gasteiger partial charge < -0.3 is 10.6 Å². The molecule has 0 saturated heterocycles. The molecule has 0 heterocycles. The minimum absolute atomic E-state index is 0.0970. The van der Waals surface area contributed by atoms with Crippen molar-refractivity contribution in [1.29, 1.82) is 0 Å². The Kier molecular flexibility index (Phi) is 5.14. The zero-order valence-electron chi connectivity index (χ0n) is 13.3. The number of anilines is 1. The summed E-state index contributed by atoms with van der Waals surface area (Å²) in [5.74, 6) is -0.261. The van der Waals surface area contributed by atoms with Crippen molar-refractivity contribution in [1.82, 2.24) is 5.32 Å². The highest BCUT2D eigenvalue weighted by Crippen LogP contribution is 2.21. The normalized spacial score (nSPS) is 11.9. The Balaban J connectivity index is 2.05. The fraction of sp³-hybridized carbons (Fsp3) is 0.278. The van der Waals surface area contributed by atoms with Crippen LogP contribution in [0.25, 0.3) is 0 Å². The number of benzene rings is 2. The molecule has 0 fully saturated rings. The molecule has 0 bridgehead atoms. The van der Waals surface area contributed by atoms with Crippen LogP contribution in [0.5, 0.6) is 0 Å². The lowest BCUT2D eigenvalue weighted by Gasteiger charge is -2.20. The van der Waals surface area contributed by atoms with Crippen molar-refractivity contribution in [3.05, 3.63) is 64.5 Å². The lowest BCUT2D eigenvalue weighted by atomic mass is 9.97. The molecule has 0 amide bonds. The van der Waals surface area contributed by atoms with Crippen molar-refractivity contribution in [2.45, 2.75) is 33.7 Å². The van der Waals surface area contributed by atoms with Gasteiger partial charge in [0.1, 0.15) is 5.82 Å². The zero-order chi connectivity index (χ0) is 16.3. The highest BCUT2D eigenvalue weighted by Gasteiger charge is 2.11. The summed E-state index contributed by atoms with van der Waals surface area (Å²) in [5, 5.41) is 6.87. The van der Waals surface area contributed by atoms with Crippen LogP contribution < -0.4 is 10.6 Å². The van der Waals surface area contributed by atoms with E-state index in [1.54, 1.807) is 12.1 Å². The predicted octanol–water partition coefficient (Wildman–Crippen LogP) is 4.80. The molecule has 1 atom stereocenters. The molecule has 0 aliphatic heterocycles. The van der Waals surface area contributed by atoms with Crippen LogP contribution >= 0.6 is 12.2 Å². The summed E-state index contributed by atoms with van der Waals surface area (Å²) in [6.07, 6.45) is 0. The second-order valence-corrected chi connectivity index (χ2v) is 6.03. The average molecular weight is 316 g/mol. The first-order valence-electron chi connectivity index (χ1n) is 7.27. The summed E-state index contributed by atoms with van der Waals surface area (Å²) in [5.41, 5.74) is 5.80. The van der Waals surface area contributed by atoms with E-state index in [1.807, 2.05) is 0 Å². The summed E-state index contributed by atoms with van der Waals surface area (Å²) in [6, 6.07) is 10.6. The van der Waals surface area contributed by atoms with Crippen LogP contribution in [0.4, 0.5) is 10.1 Å². The number of rotatable bonds is 3. The number of nitrogens with one attached hydrogen (secondary N) is 2. The smallest absolute Gasteiger partial charge is 0.171 e. The highest BCUT2D eigenvalue weighted by molar-refractivity contribution is 7.80. The number of thiocarbonyl (C=S) groups is 1. The van der Waals surface area contributed by atoms with Crippen LogP contribution in [-0.4, -0.2) is 5.11 Å². The lowest BCUT2D eigenvalue weighted by Crippen LogP contribution is -2.31. The summed E-state index contributed by atoms with van der Waals surface area (Å²) in [4.78, 5) is 0. The number of aryl methyl sites for hydroxylation is 3. The van der Waals surface area contributed by atoms with E-state index in [2.05, 4.69) is 50.5 Å². The summed E-state index contributed by atoms with van der Waals surface area (Å²) in [6.45, 7) is 8.41. The van der Waals surface area contributed by atoms with E-state index in [9.17, 15) is 4.39 Å². The van der Waals surface area contributed by atoms with Crippen LogP contribution in [0, 0.1) is 26.6 Å². The number of halogens is 1. The molecule has 0 aromatic heterocycles. The van der Waals surface area contributed by atoms with Gasteiger partial charge in [0.15, 0.2) is 5.11 Å². The van der Waals surface area contributed by atoms with Crippen LogP contribution in [0.3, 0.4) is 0 Å². The topological polar surface area (TPSA) is 24.1 Å². The van der Waals surface area contributed by atoms with E-state index in [1.165, 1.54) is 34.4 Å². The molecular formula is C18H21FN2S. The molecule has 2 N–H and O–H groups in total. The fourth-order valence-electron chi connectivity index (χ4n) is 2.42. The summed E-state index contributed by atoms with van der Waals surface area (Å²) >= 11 is 5.33. The first kappa shape index (κ1) is 16.4. The second-order valence-electron chi connectivity index (χ2n) is 5.62. The van der Waals surface area contributed by atoms with E-state index in [-0.39, 0.29) is 11.9 Å². The molecule has 0 saturated carbocycles. The standard InChI is InChI=1S/C18H21FN2S/c1-11-9-13(3)17(10-12(11)2)14(4)20-18(22)21-16-7-5-15(19)6-8-16/h5-10,14H,1-4H3,(H2,20,21,22). The van der Waals surface area contributed by atoms with Gasteiger partial charge in [-0.3, -0.25) is 0 Å². The van der Waals surface area contributed by atoms with Gasteiger partial charge in [-0.2, -0.15) is 0 Å². The maximum atomic E-state index is 12.9. The molecule has 0 aliphatic rings. The largest absolute Gasteiger partial charge is 0.356 e. The van der Waals surface area contributed by atoms with Gasteiger partial charge in [-0.15, -0.1) is 0 Å². The first-order valence-corrected chi connectivity index (χ1v) is 7.68. The fourth-order valence-corrected chi connectivity index (χ4v) is 2.72. The van der Waals surface area contributed by atoms with Gasteiger partial charge in [-0.25, -0.2) is 4.39 Å². The van der Waals surface area contributed by atoms with Crippen molar-refractivity contribution in [3.63, 3.8) is 0 Å². The van der Waals surface area contributed by atoms with E-state index < -0.39 is 0 Å². The van der Waals surface area contributed by atoms with Gasteiger partial charge in [-0.05, 0) is 86.4 Å². The minimum atomic E-state index is -0.261. The maximum Gasteiger partial charge on any atom is 0.171 e. The molecule has 0 radical (unpaired) electrons. The second kappa shape index (κ2) is 6.88. The van der Waals surface area contributed by atoms with Crippen LogP contribution in [-0.2, 0) is 0 Å². The quantitative estimate of drug-likeness (QED) is 0.796. The van der Waals surface area contributed by atoms with Crippen molar-refractivity contribution in [2.75, 3.05) is 5.32 Å². The predicted molar refractivity (Wildman–Crippen MR) is 94.8 cm³/mol. The number of hydrogen-bond donors (Lipinski definition) is 2. The third kappa shape index (κ3) is 4.04. The Hall–Kier alpha value is -1.94. The molecule has 2 nitrogen and oxygen atoms in total. The van der Waals surface area contributed by atoms with Crippen molar-refractivity contribution >= 4 is 23.0 Å². The Bertz CT molecular complexity index is 680. The molecule has 2 rings (SSSR count). The van der Waals surface area contributed by atoms with Crippen molar-refractivity contribution in [2.24, 2.45) is 0 Å². The van der Waals surface area contributed by atoms with Gasteiger partial charge in [-0.1, -0.05) is 12.1 Å². The van der Waals surface area contributed by atoms with Gasteiger partial charge in [0, 0.05) is 5.69 Å². The molecule has 1 unspecified atom stereocenters. The monoisotopic (exact) mass is 316 g/mol. The molecule has 22 heavy (non-hydrogen) atoms. The van der Waals surface area contributed by atoms with E-state index in [4.69, 9.17) is 12.2 Å². The summed E-state index contributed by atoms with van der Waals surface area (Å²) < 4.78 is 12.9. The molecule has 116 valence electrons. The maximum absolute atomic E-state index is 12.9. The van der Waals surface area contributed by atoms with Gasteiger partial charge in [0.2, 0.25) is 0 Å². The van der Waals surface area contributed by atoms with E-state index in [0.29, 0.717) is 5.11 Å². The van der Waals surface area contributed by atoms with Crippen molar-refractivity contribution < 1.29 is 4.39 Å². The molecule has 0 aliphatic carbocycles. The van der Waals surface area contributed by atoms with Gasteiger partial charge >= 0.3 is 0 Å². The zero-order valence-corrected chi connectivity index (χ0v) is 14.1. The van der Waals surface area contributed by atoms with Crippen molar-refractivity contribution in [3.8, 4) is 0 Å². The molecular weight excluding hydrogens is 295 g/mol. The van der Waals surface area contributed by atoms with E-state index >= 15 is 0 Å². The molecule has 2 aromatic carbocycles. The lowest BCUT2D eigenvalue weighted by molar-refractivity contribution is 0.628. The average Bonchev–Trinajstić information content (AvgIpc) is 2.45. The summed E-state index contributed by atoms with van der Waals surface area (Å²) in [7, 11) is 0. The first-order chi connectivity index (χ1) is 10.4. The third-order valence-electron chi connectivity index (χ3n) is 3.80. The van der Waals surface area contributed by atoms with Gasteiger partial charge in [0.05, 0.1) is 6.04 Å². The molecule has 4 heteroatoms. The van der Waals surface area contributed by atoms with Crippen LogP contribution in [0.1, 0.15) is 35.2 Å². The number of hydrogen-bond acceptors (Lipinski definition) is 1. The highest BCUT2D eigenvalue weighted by atomic mass is 32.1. The Morgan fingerprint density at radius 2 is 1.59 bits per heavy atom. The van der Waals surface area contributed by atoms with Gasteiger partial charge in [0.25, 0.3) is 0 Å². The SMILES string of the molecule is Cc1cc(C)c(C(C)NC(=S)Nc2ccc(F)cc2)cc1C. The van der Waals surface area contributed by atoms with Crippen LogP contribution in [0.2, 0.25) is 0 Å². The third-order valence-corrected chi connectivity index (χ3v) is 4.02. The molecule has 0 spiro atoms. The van der Waals surface area contributed by atoms with E-state index in [0.717, 1.165) is 5.69 Å². The minimum Gasteiger partial charge on any atom is -0.356 e.